The van der Waals surface area contributed by atoms with Crippen LogP contribution in [0.4, 0.5) is 4.39 Å². The van der Waals surface area contributed by atoms with Crippen molar-refractivity contribution in [3.63, 3.8) is 0 Å². The molecule has 4 N–H and O–H groups in total. The number of nitrogens with zero attached hydrogens (tertiary/aromatic N) is 2. The lowest BCUT2D eigenvalue weighted by molar-refractivity contribution is -0.147. The summed E-state index contributed by atoms with van der Waals surface area (Å²) < 4.78 is 13.0. The number of amides is 1. The van der Waals surface area contributed by atoms with Gasteiger partial charge in [-0.3, -0.25) is 9.69 Å². The molecule has 1 aliphatic rings. The van der Waals surface area contributed by atoms with Crippen molar-refractivity contribution in [2.75, 3.05) is 20.2 Å². The summed E-state index contributed by atoms with van der Waals surface area (Å²) in [5.74, 6) is -0.499. The number of halogens is 1. The molecular formula is C22H27FN2O5. The summed E-state index contributed by atoms with van der Waals surface area (Å²) in [6, 6.07) is 12.2. The van der Waals surface area contributed by atoms with E-state index in [1.807, 2.05) is 0 Å². The minimum atomic E-state index is -1.30. The van der Waals surface area contributed by atoms with Gasteiger partial charge in [-0.05, 0) is 35.4 Å². The molecule has 0 radical (unpaired) electrons. The van der Waals surface area contributed by atoms with E-state index in [2.05, 4.69) is 0 Å². The fourth-order valence-electron chi connectivity index (χ4n) is 3.70. The summed E-state index contributed by atoms with van der Waals surface area (Å²) >= 11 is 0. The van der Waals surface area contributed by atoms with Crippen molar-refractivity contribution in [3.8, 4) is 0 Å². The van der Waals surface area contributed by atoms with E-state index >= 15 is 0 Å². The molecule has 0 saturated carbocycles. The van der Waals surface area contributed by atoms with Crippen LogP contribution in [-0.4, -0.2) is 80.7 Å². The monoisotopic (exact) mass is 418 g/mol. The Hall–Kier alpha value is -2.36. The normalized spacial score (nSPS) is 24.6. The van der Waals surface area contributed by atoms with Crippen molar-refractivity contribution >= 4 is 5.91 Å². The van der Waals surface area contributed by atoms with Gasteiger partial charge in [0.1, 0.15) is 18.0 Å². The van der Waals surface area contributed by atoms with E-state index in [0.29, 0.717) is 18.7 Å². The van der Waals surface area contributed by atoms with E-state index < -0.39 is 24.4 Å². The Morgan fingerprint density at radius 1 is 1.03 bits per heavy atom. The van der Waals surface area contributed by atoms with Crippen LogP contribution in [0.3, 0.4) is 0 Å². The van der Waals surface area contributed by atoms with Crippen LogP contribution in [0.5, 0.6) is 0 Å². The lowest BCUT2D eigenvalue weighted by atomic mass is 9.93. The molecule has 1 fully saturated rings. The minimum Gasteiger partial charge on any atom is -0.395 e. The molecule has 8 heteroatoms. The number of aliphatic hydroxyl groups is 4. The SMILES string of the molecule is CN(Cc1ccc(F)cc1)C(=O)c1ccc(CN2C[C@H](O)[C@@H](O)[C@H](O)[C@@H]2CO)cc1. The van der Waals surface area contributed by atoms with Crippen molar-refractivity contribution in [1.82, 2.24) is 9.80 Å². The Morgan fingerprint density at radius 2 is 1.63 bits per heavy atom. The molecule has 7 nitrogen and oxygen atoms in total. The zero-order chi connectivity index (χ0) is 21.8. The number of carbonyl (C=O) groups excluding carboxylic acids is 1. The number of benzene rings is 2. The molecule has 0 unspecified atom stereocenters. The standard InChI is InChI=1S/C22H27FN2O5/c1-24(10-14-4-8-17(23)9-5-14)22(30)16-6-2-15(3-7-16)11-25-12-19(27)21(29)20(28)18(25)13-26/h2-9,18-21,26-29H,10-13H2,1H3/t18-,19-,20+,21+/m0/s1. The summed E-state index contributed by atoms with van der Waals surface area (Å²) in [5, 5.41) is 39.4. The number of hydrogen-bond donors (Lipinski definition) is 4. The fourth-order valence-corrected chi connectivity index (χ4v) is 3.70. The molecular weight excluding hydrogens is 391 g/mol. The van der Waals surface area contributed by atoms with Gasteiger partial charge in [-0.2, -0.15) is 0 Å². The van der Waals surface area contributed by atoms with Gasteiger partial charge in [0.2, 0.25) is 0 Å². The zero-order valence-electron chi connectivity index (χ0n) is 16.7. The number of hydrogen-bond acceptors (Lipinski definition) is 6. The Labute approximate surface area is 174 Å². The summed E-state index contributed by atoms with van der Waals surface area (Å²) in [6.45, 7) is 0.455. The molecule has 2 aromatic rings. The molecule has 4 atom stereocenters. The maximum atomic E-state index is 13.0. The molecule has 0 spiro atoms. The van der Waals surface area contributed by atoms with Gasteiger partial charge in [-0.25, -0.2) is 4.39 Å². The van der Waals surface area contributed by atoms with Crippen molar-refractivity contribution in [2.45, 2.75) is 37.4 Å². The molecule has 30 heavy (non-hydrogen) atoms. The molecule has 1 aliphatic heterocycles. The molecule has 0 bridgehead atoms. The van der Waals surface area contributed by atoms with Crippen LogP contribution >= 0.6 is 0 Å². The highest BCUT2D eigenvalue weighted by Gasteiger charge is 2.40. The first-order chi connectivity index (χ1) is 14.3. The van der Waals surface area contributed by atoms with Crippen LogP contribution in [0.2, 0.25) is 0 Å². The van der Waals surface area contributed by atoms with Gasteiger partial charge in [0.15, 0.2) is 0 Å². The van der Waals surface area contributed by atoms with Crippen LogP contribution < -0.4 is 0 Å². The van der Waals surface area contributed by atoms with Crippen LogP contribution in [-0.2, 0) is 13.1 Å². The van der Waals surface area contributed by atoms with Crippen LogP contribution in [0.15, 0.2) is 48.5 Å². The molecule has 0 aliphatic carbocycles. The average molecular weight is 418 g/mol. The lowest BCUT2D eigenvalue weighted by Gasteiger charge is -2.43. The highest BCUT2D eigenvalue weighted by Crippen LogP contribution is 2.21. The minimum absolute atomic E-state index is 0.116. The third kappa shape index (κ3) is 5.03. The first-order valence-corrected chi connectivity index (χ1v) is 9.78. The number of aliphatic hydroxyl groups excluding tert-OH is 4. The predicted molar refractivity (Wildman–Crippen MR) is 108 cm³/mol. The Morgan fingerprint density at radius 3 is 2.23 bits per heavy atom. The summed E-state index contributed by atoms with van der Waals surface area (Å²) in [4.78, 5) is 15.9. The highest BCUT2D eigenvalue weighted by atomic mass is 19.1. The highest BCUT2D eigenvalue weighted by molar-refractivity contribution is 5.94. The Balaban J connectivity index is 1.63. The largest absolute Gasteiger partial charge is 0.395 e. The smallest absolute Gasteiger partial charge is 0.253 e. The molecule has 162 valence electrons. The number of likely N-dealkylation sites (tertiary alicyclic amines) is 1. The second kappa shape index (κ2) is 9.63. The van der Waals surface area contributed by atoms with E-state index in [1.54, 1.807) is 53.2 Å². The molecule has 2 aromatic carbocycles. The second-order valence-electron chi connectivity index (χ2n) is 7.71. The number of carbonyl (C=O) groups is 1. The maximum absolute atomic E-state index is 13.0. The molecule has 0 aromatic heterocycles. The van der Waals surface area contributed by atoms with Crippen LogP contribution in [0.25, 0.3) is 0 Å². The van der Waals surface area contributed by atoms with E-state index in [9.17, 15) is 29.6 Å². The first kappa shape index (κ1) is 22.3. The van der Waals surface area contributed by atoms with Crippen LogP contribution in [0, 0.1) is 5.82 Å². The third-order valence-electron chi connectivity index (χ3n) is 5.48. The Bertz CT molecular complexity index is 846. The number of β-amino-alcohol motifs (C(OH)–C–C–N with tert-alkyl or cyclic N) is 1. The number of rotatable bonds is 6. The van der Waals surface area contributed by atoms with Gasteiger partial charge in [0, 0.05) is 32.2 Å². The van der Waals surface area contributed by atoms with Gasteiger partial charge in [-0.15, -0.1) is 0 Å². The van der Waals surface area contributed by atoms with Gasteiger partial charge in [0.25, 0.3) is 5.91 Å². The second-order valence-corrected chi connectivity index (χ2v) is 7.71. The van der Waals surface area contributed by atoms with E-state index in [-0.39, 0.29) is 24.9 Å². The molecule has 1 amide bonds. The summed E-state index contributed by atoms with van der Waals surface area (Å²) in [6.07, 6.45) is -3.65. The average Bonchev–Trinajstić information content (AvgIpc) is 2.74. The van der Waals surface area contributed by atoms with E-state index in [4.69, 9.17) is 0 Å². The lowest BCUT2D eigenvalue weighted by Crippen LogP contribution is -2.62. The fraction of sp³-hybridized carbons (Fsp3) is 0.409. The van der Waals surface area contributed by atoms with Crippen molar-refractivity contribution in [1.29, 1.82) is 0 Å². The zero-order valence-corrected chi connectivity index (χ0v) is 16.7. The van der Waals surface area contributed by atoms with Crippen molar-refractivity contribution < 1.29 is 29.6 Å². The van der Waals surface area contributed by atoms with Crippen molar-refractivity contribution in [3.05, 3.63) is 71.0 Å². The maximum Gasteiger partial charge on any atom is 0.253 e. The van der Waals surface area contributed by atoms with Crippen LogP contribution in [0.1, 0.15) is 21.5 Å². The quantitative estimate of drug-likeness (QED) is 0.540. The summed E-state index contributed by atoms with van der Waals surface area (Å²) in [7, 11) is 1.67. The van der Waals surface area contributed by atoms with Gasteiger partial charge in [-0.1, -0.05) is 24.3 Å². The van der Waals surface area contributed by atoms with Gasteiger partial charge < -0.3 is 25.3 Å². The first-order valence-electron chi connectivity index (χ1n) is 9.78. The van der Waals surface area contributed by atoms with E-state index in [1.165, 1.54) is 12.1 Å². The Kier molecular flexibility index (Phi) is 7.17. The predicted octanol–water partition coefficient (Wildman–Crippen LogP) is 0.357. The molecule has 1 saturated heterocycles. The topological polar surface area (TPSA) is 104 Å². The third-order valence-corrected chi connectivity index (χ3v) is 5.48. The van der Waals surface area contributed by atoms with Gasteiger partial charge >= 0.3 is 0 Å². The van der Waals surface area contributed by atoms with Crippen molar-refractivity contribution in [2.24, 2.45) is 0 Å². The summed E-state index contributed by atoms with van der Waals surface area (Å²) in [5.41, 5.74) is 2.15. The molecule has 3 rings (SSSR count). The van der Waals surface area contributed by atoms with Gasteiger partial charge in [0.05, 0.1) is 18.8 Å². The van der Waals surface area contributed by atoms with E-state index in [0.717, 1.165) is 11.1 Å². The molecule has 1 heterocycles. The number of piperidine rings is 1.